The molecule has 4 atom stereocenters. The third kappa shape index (κ3) is 2.08. The molecule has 1 aromatic carbocycles. The van der Waals surface area contributed by atoms with E-state index in [2.05, 4.69) is 9.62 Å². The fraction of sp³-hybridized carbons (Fsp3) is 0.600. The van der Waals surface area contributed by atoms with E-state index >= 15 is 0 Å². The van der Waals surface area contributed by atoms with Crippen LogP contribution in [-0.4, -0.2) is 33.0 Å². The molecule has 3 aliphatic rings. The summed E-state index contributed by atoms with van der Waals surface area (Å²) in [6, 6.07) is 4.61. The van der Waals surface area contributed by atoms with E-state index < -0.39 is 14.9 Å². The largest absolute Gasteiger partial charge is 0.362 e. The Morgan fingerprint density at radius 1 is 1.30 bits per heavy atom. The van der Waals surface area contributed by atoms with Crippen LogP contribution in [0.4, 0.5) is 11.4 Å². The Morgan fingerprint density at radius 3 is 2.70 bits per heavy atom. The Hall–Kier alpha value is -1.67. The van der Waals surface area contributed by atoms with Crippen molar-refractivity contribution in [2.45, 2.75) is 30.2 Å². The molecule has 0 unspecified atom stereocenters. The monoisotopic (exact) mass is 337 g/mol. The van der Waals surface area contributed by atoms with Gasteiger partial charge in [-0.25, -0.2) is 13.1 Å². The van der Waals surface area contributed by atoms with Crippen LogP contribution in [0.1, 0.15) is 19.3 Å². The molecule has 3 fully saturated rings. The van der Waals surface area contributed by atoms with Crippen molar-refractivity contribution >= 4 is 21.4 Å². The molecule has 0 amide bonds. The summed E-state index contributed by atoms with van der Waals surface area (Å²) >= 11 is 0. The normalized spacial score (nSPS) is 31.8. The van der Waals surface area contributed by atoms with Crippen LogP contribution in [0, 0.1) is 27.9 Å². The molecular weight excluding hydrogens is 318 g/mol. The van der Waals surface area contributed by atoms with Gasteiger partial charge in [0.25, 0.3) is 5.69 Å². The van der Waals surface area contributed by atoms with Crippen molar-refractivity contribution in [1.82, 2.24) is 4.72 Å². The molecule has 1 N–H and O–H groups in total. The van der Waals surface area contributed by atoms with Crippen molar-refractivity contribution in [3.63, 3.8) is 0 Å². The molecular formula is C15H19N3O4S. The molecule has 0 spiro atoms. The van der Waals surface area contributed by atoms with Crippen LogP contribution in [0.25, 0.3) is 0 Å². The number of hydrogen-bond acceptors (Lipinski definition) is 5. The van der Waals surface area contributed by atoms with E-state index in [1.165, 1.54) is 38.4 Å². The summed E-state index contributed by atoms with van der Waals surface area (Å²) in [6.07, 6.45) is 3.75. The molecule has 1 aliphatic heterocycles. The first-order valence-corrected chi connectivity index (χ1v) is 9.39. The minimum Gasteiger partial charge on any atom is -0.362 e. The Morgan fingerprint density at radius 2 is 2.04 bits per heavy atom. The van der Waals surface area contributed by atoms with Gasteiger partial charge in [-0.2, -0.15) is 0 Å². The highest BCUT2D eigenvalue weighted by atomic mass is 32.2. The third-order valence-electron chi connectivity index (χ3n) is 5.84. The van der Waals surface area contributed by atoms with Gasteiger partial charge in [0, 0.05) is 18.7 Å². The fourth-order valence-corrected chi connectivity index (χ4v) is 5.52. The predicted octanol–water partition coefficient (Wildman–Crippen LogP) is 1.74. The zero-order chi connectivity index (χ0) is 16.4. The second-order valence-electron chi connectivity index (χ2n) is 6.76. The van der Waals surface area contributed by atoms with Crippen molar-refractivity contribution in [2.24, 2.45) is 17.8 Å². The second kappa shape index (κ2) is 4.91. The van der Waals surface area contributed by atoms with Gasteiger partial charge in [0.15, 0.2) is 0 Å². The molecule has 124 valence electrons. The van der Waals surface area contributed by atoms with Gasteiger partial charge in [0.1, 0.15) is 5.69 Å². The van der Waals surface area contributed by atoms with Crippen molar-refractivity contribution < 1.29 is 13.3 Å². The first kappa shape index (κ1) is 14.9. The van der Waals surface area contributed by atoms with E-state index in [4.69, 9.17) is 0 Å². The standard InChI is InChI=1S/C15H19N3O4S/c1-16-23(21,22)11-4-5-13(14(7-11)18(19)20)17-8-12-9-2-3-10(6-9)15(12)17/h4-5,7,9-10,12,15-16H,2-3,6,8H2,1H3/t9-,10-,12+,15-/m0/s1. The zero-order valence-electron chi connectivity index (χ0n) is 12.8. The highest BCUT2D eigenvalue weighted by molar-refractivity contribution is 7.89. The highest BCUT2D eigenvalue weighted by Crippen LogP contribution is 2.57. The van der Waals surface area contributed by atoms with E-state index in [0.717, 1.165) is 12.5 Å². The summed E-state index contributed by atoms with van der Waals surface area (Å²) in [5.41, 5.74) is 0.432. The molecule has 23 heavy (non-hydrogen) atoms. The number of anilines is 1. The molecule has 1 heterocycles. The minimum absolute atomic E-state index is 0.0690. The summed E-state index contributed by atoms with van der Waals surface area (Å²) in [7, 11) is -2.39. The average molecular weight is 337 g/mol. The molecule has 4 rings (SSSR count). The first-order chi connectivity index (χ1) is 10.9. The summed E-state index contributed by atoms with van der Waals surface area (Å²) in [6.45, 7) is 0.852. The number of nitrogens with one attached hydrogen (secondary N) is 1. The van der Waals surface area contributed by atoms with Crippen LogP contribution in [0.15, 0.2) is 23.1 Å². The number of sulfonamides is 1. The fourth-order valence-electron chi connectivity index (χ4n) is 4.77. The third-order valence-corrected chi connectivity index (χ3v) is 7.25. The lowest BCUT2D eigenvalue weighted by Crippen LogP contribution is -2.59. The van der Waals surface area contributed by atoms with Gasteiger partial charge >= 0.3 is 0 Å². The molecule has 2 bridgehead atoms. The van der Waals surface area contributed by atoms with Crippen LogP contribution >= 0.6 is 0 Å². The van der Waals surface area contributed by atoms with Crippen LogP contribution in [0.5, 0.6) is 0 Å². The van der Waals surface area contributed by atoms with Crippen molar-refractivity contribution in [2.75, 3.05) is 18.5 Å². The van der Waals surface area contributed by atoms with Crippen molar-refractivity contribution in [3.8, 4) is 0 Å². The second-order valence-corrected chi connectivity index (χ2v) is 8.64. The smallest absolute Gasteiger partial charge is 0.293 e. The summed E-state index contributed by atoms with van der Waals surface area (Å²) < 4.78 is 26.0. The molecule has 1 aromatic rings. The van der Waals surface area contributed by atoms with Crippen molar-refractivity contribution in [3.05, 3.63) is 28.3 Å². The Balaban J connectivity index is 1.71. The Kier molecular flexibility index (Phi) is 3.18. The molecule has 1 saturated heterocycles. The predicted molar refractivity (Wildman–Crippen MR) is 84.8 cm³/mol. The maximum atomic E-state index is 11.9. The number of nitro groups is 1. The highest BCUT2D eigenvalue weighted by Gasteiger charge is 2.57. The maximum absolute atomic E-state index is 11.9. The molecule has 0 radical (unpaired) electrons. The maximum Gasteiger partial charge on any atom is 0.293 e. The Bertz CT molecular complexity index is 777. The van der Waals surface area contributed by atoms with E-state index in [-0.39, 0.29) is 10.6 Å². The number of rotatable bonds is 4. The quantitative estimate of drug-likeness (QED) is 0.667. The summed E-state index contributed by atoms with van der Waals surface area (Å²) in [5, 5.41) is 11.4. The van der Waals surface area contributed by atoms with Gasteiger partial charge in [-0.1, -0.05) is 0 Å². The van der Waals surface area contributed by atoms with Gasteiger partial charge < -0.3 is 4.90 Å². The number of nitro benzene ring substituents is 1. The van der Waals surface area contributed by atoms with E-state index in [1.54, 1.807) is 6.07 Å². The lowest BCUT2D eigenvalue weighted by molar-refractivity contribution is -0.384. The van der Waals surface area contributed by atoms with Gasteiger partial charge in [0.2, 0.25) is 10.0 Å². The van der Waals surface area contributed by atoms with Gasteiger partial charge in [-0.15, -0.1) is 0 Å². The summed E-state index contributed by atoms with van der Waals surface area (Å²) in [4.78, 5) is 13.0. The van der Waals surface area contributed by atoms with E-state index in [0.29, 0.717) is 23.6 Å². The topological polar surface area (TPSA) is 92.6 Å². The molecule has 8 heteroatoms. The Labute approximate surface area is 134 Å². The zero-order valence-corrected chi connectivity index (χ0v) is 13.6. The lowest BCUT2D eigenvalue weighted by atomic mass is 9.76. The molecule has 2 saturated carbocycles. The summed E-state index contributed by atoms with van der Waals surface area (Å²) in [5.74, 6) is 2.08. The molecule has 0 aromatic heterocycles. The first-order valence-electron chi connectivity index (χ1n) is 7.91. The average Bonchev–Trinajstić information content (AvgIpc) is 3.04. The van der Waals surface area contributed by atoms with Gasteiger partial charge in [0.05, 0.1) is 9.82 Å². The van der Waals surface area contributed by atoms with Gasteiger partial charge in [-0.05, 0) is 56.2 Å². The number of hydrogen-bond donors (Lipinski definition) is 1. The lowest BCUT2D eigenvalue weighted by Gasteiger charge is -2.51. The minimum atomic E-state index is -3.68. The van der Waals surface area contributed by atoms with Gasteiger partial charge in [-0.3, -0.25) is 10.1 Å². The molecule has 7 nitrogen and oxygen atoms in total. The molecule has 2 aliphatic carbocycles. The SMILES string of the molecule is CNS(=O)(=O)c1ccc(N2C[C@@H]3[C@H]4CC[C@@H](C4)[C@@H]32)c([N+](=O)[O-])c1. The van der Waals surface area contributed by atoms with E-state index in [9.17, 15) is 18.5 Å². The van der Waals surface area contributed by atoms with Crippen LogP contribution in [0.3, 0.4) is 0 Å². The van der Waals surface area contributed by atoms with Crippen molar-refractivity contribution in [1.29, 1.82) is 0 Å². The number of fused-ring (bicyclic) bond motifs is 5. The number of nitrogens with zero attached hydrogens (tertiary/aromatic N) is 2. The number of benzene rings is 1. The van der Waals surface area contributed by atoms with E-state index in [1.807, 2.05) is 0 Å². The van der Waals surface area contributed by atoms with Crippen LogP contribution in [0.2, 0.25) is 0 Å². The van der Waals surface area contributed by atoms with Crippen LogP contribution in [-0.2, 0) is 10.0 Å². The van der Waals surface area contributed by atoms with Crippen LogP contribution < -0.4 is 9.62 Å².